The lowest BCUT2D eigenvalue weighted by molar-refractivity contribution is -0.144. The second kappa shape index (κ2) is 6.93. The van der Waals surface area contributed by atoms with Crippen molar-refractivity contribution in [3.05, 3.63) is 22.7 Å². The molecule has 0 aromatic heterocycles. The minimum absolute atomic E-state index is 0.268. The molecular weight excluding hydrogens is 336 g/mol. The van der Waals surface area contributed by atoms with E-state index < -0.39 is 6.04 Å². The van der Waals surface area contributed by atoms with Crippen molar-refractivity contribution >= 4 is 33.4 Å². The van der Waals surface area contributed by atoms with E-state index in [1.165, 1.54) is 0 Å². The number of carbonyl (C=O) groups is 1. The fraction of sp³-hybridized carbons (Fsp3) is 0.467. The van der Waals surface area contributed by atoms with Gasteiger partial charge in [0.15, 0.2) is 6.04 Å². The highest BCUT2D eigenvalue weighted by Gasteiger charge is 2.31. The zero-order chi connectivity index (χ0) is 15.4. The summed E-state index contributed by atoms with van der Waals surface area (Å²) >= 11 is 3.44. The van der Waals surface area contributed by atoms with Crippen LogP contribution >= 0.6 is 15.9 Å². The Morgan fingerprint density at radius 3 is 2.86 bits per heavy atom. The van der Waals surface area contributed by atoms with Crippen molar-refractivity contribution in [2.75, 3.05) is 25.2 Å². The summed E-state index contributed by atoms with van der Waals surface area (Å²) in [6.45, 7) is 4.70. The van der Waals surface area contributed by atoms with Gasteiger partial charge in [0.05, 0.1) is 24.7 Å². The van der Waals surface area contributed by atoms with E-state index in [1.807, 2.05) is 30.0 Å². The Morgan fingerprint density at radius 2 is 2.24 bits per heavy atom. The maximum Gasteiger partial charge on any atom is 0.332 e. The van der Waals surface area contributed by atoms with Crippen molar-refractivity contribution in [1.29, 1.82) is 0 Å². The van der Waals surface area contributed by atoms with Crippen LogP contribution in [0.3, 0.4) is 0 Å². The lowest BCUT2D eigenvalue weighted by Gasteiger charge is -2.21. The van der Waals surface area contributed by atoms with Gasteiger partial charge in [0.2, 0.25) is 0 Å². The van der Waals surface area contributed by atoms with E-state index >= 15 is 0 Å². The van der Waals surface area contributed by atoms with Crippen LogP contribution in [-0.4, -0.2) is 38.1 Å². The summed E-state index contributed by atoms with van der Waals surface area (Å²) in [5, 5.41) is 0. The number of rotatable bonds is 5. The molecular formula is C15H19BrN2O3. The van der Waals surface area contributed by atoms with Crippen molar-refractivity contribution in [2.24, 2.45) is 4.99 Å². The average molecular weight is 355 g/mol. The summed E-state index contributed by atoms with van der Waals surface area (Å²) in [7, 11) is 1.63. The Balaban J connectivity index is 2.24. The molecule has 0 bridgehead atoms. The van der Waals surface area contributed by atoms with Crippen LogP contribution in [0.1, 0.15) is 20.3 Å². The number of carbonyl (C=O) groups excluding carboxylic acids is 1. The van der Waals surface area contributed by atoms with E-state index in [0.717, 1.165) is 28.2 Å². The molecule has 114 valence electrons. The number of hydrogen-bond donors (Lipinski definition) is 0. The summed E-state index contributed by atoms with van der Waals surface area (Å²) in [5.41, 5.74) is 0.961. The Labute approximate surface area is 133 Å². The van der Waals surface area contributed by atoms with Gasteiger partial charge in [-0.15, -0.1) is 0 Å². The molecule has 1 aliphatic rings. The maximum atomic E-state index is 11.9. The number of hydrogen-bond acceptors (Lipinski definition) is 5. The number of benzene rings is 1. The van der Waals surface area contributed by atoms with Crippen molar-refractivity contribution in [1.82, 2.24) is 0 Å². The molecule has 1 aromatic carbocycles. The van der Waals surface area contributed by atoms with E-state index in [1.54, 1.807) is 14.0 Å². The number of esters is 1. The summed E-state index contributed by atoms with van der Waals surface area (Å²) in [6, 6.07) is 5.39. The summed E-state index contributed by atoms with van der Waals surface area (Å²) < 4.78 is 11.3. The number of ether oxygens (including phenoxy) is 2. The molecule has 1 aliphatic heterocycles. The molecule has 0 N–H and O–H groups in total. The molecule has 0 saturated heterocycles. The number of anilines is 1. The van der Waals surface area contributed by atoms with Gasteiger partial charge in [-0.1, -0.05) is 6.92 Å². The van der Waals surface area contributed by atoms with Gasteiger partial charge < -0.3 is 14.4 Å². The van der Waals surface area contributed by atoms with Crippen LogP contribution in [0, 0.1) is 0 Å². The second-order valence-corrected chi connectivity index (χ2v) is 5.45. The van der Waals surface area contributed by atoms with Crippen LogP contribution in [0.25, 0.3) is 0 Å². The molecule has 0 aliphatic carbocycles. The highest BCUT2D eigenvalue weighted by molar-refractivity contribution is 9.10. The first kappa shape index (κ1) is 15.8. The Hall–Kier alpha value is -1.56. The molecule has 6 heteroatoms. The zero-order valence-electron chi connectivity index (χ0n) is 12.4. The molecule has 1 heterocycles. The number of methoxy groups -OCH3 is 1. The largest absolute Gasteiger partial charge is 0.495 e. The molecule has 0 amide bonds. The zero-order valence-corrected chi connectivity index (χ0v) is 14.0. The fourth-order valence-corrected chi connectivity index (χ4v) is 2.70. The van der Waals surface area contributed by atoms with E-state index in [0.29, 0.717) is 13.2 Å². The van der Waals surface area contributed by atoms with Crippen molar-refractivity contribution in [3.8, 4) is 5.75 Å². The topological polar surface area (TPSA) is 51.1 Å². The fourth-order valence-electron chi connectivity index (χ4n) is 2.29. The first-order valence-electron chi connectivity index (χ1n) is 6.95. The molecule has 0 saturated carbocycles. The third kappa shape index (κ3) is 3.37. The van der Waals surface area contributed by atoms with Crippen LogP contribution in [-0.2, 0) is 9.53 Å². The molecule has 1 unspecified atom stereocenters. The molecule has 1 atom stereocenters. The summed E-state index contributed by atoms with van der Waals surface area (Å²) in [4.78, 5) is 18.4. The molecule has 0 radical (unpaired) electrons. The quantitative estimate of drug-likeness (QED) is 0.762. The van der Waals surface area contributed by atoms with Gasteiger partial charge in [0, 0.05) is 18.2 Å². The van der Waals surface area contributed by atoms with Gasteiger partial charge in [-0.25, -0.2) is 4.79 Å². The van der Waals surface area contributed by atoms with Gasteiger partial charge in [0.25, 0.3) is 0 Å². The standard InChI is InChI=1S/C15H19BrN2O3/c1-4-14-17-12(15(19)21-5-2)9-18(14)10-6-7-11(16)13(8-10)20-3/h6-8,12H,4-5,9H2,1-3H3. The summed E-state index contributed by atoms with van der Waals surface area (Å²) in [6.07, 6.45) is 0.758. The summed E-state index contributed by atoms with van der Waals surface area (Å²) in [5.74, 6) is 1.37. The van der Waals surface area contributed by atoms with Crippen LogP contribution < -0.4 is 9.64 Å². The van der Waals surface area contributed by atoms with Crippen LogP contribution in [0.5, 0.6) is 5.75 Å². The average Bonchev–Trinajstić information content (AvgIpc) is 2.92. The molecule has 0 spiro atoms. The van der Waals surface area contributed by atoms with Gasteiger partial charge in [-0.05, 0) is 35.0 Å². The second-order valence-electron chi connectivity index (χ2n) is 4.60. The number of amidine groups is 1. The first-order valence-corrected chi connectivity index (χ1v) is 7.74. The molecule has 0 fully saturated rings. The van der Waals surface area contributed by atoms with Crippen molar-refractivity contribution < 1.29 is 14.3 Å². The minimum Gasteiger partial charge on any atom is -0.495 e. The highest BCUT2D eigenvalue weighted by atomic mass is 79.9. The number of nitrogens with zero attached hydrogens (tertiary/aromatic N) is 2. The van der Waals surface area contributed by atoms with E-state index in [4.69, 9.17) is 9.47 Å². The van der Waals surface area contributed by atoms with Gasteiger partial charge in [-0.2, -0.15) is 0 Å². The molecule has 5 nitrogen and oxygen atoms in total. The van der Waals surface area contributed by atoms with Crippen molar-refractivity contribution in [2.45, 2.75) is 26.3 Å². The lowest BCUT2D eigenvalue weighted by Crippen LogP contribution is -2.32. The normalized spacial score (nSPS) is 17.6. The van der Waals surface area contributed by atoms with Crippen molar-refractivity contribution in [3.63, 3.8) is 0 Å². The Kier molecular flexibility index (Phi) is 5.22. The molecule has 21 heavy (non-hydrogen) atoms. The molecule has 2 rings (SSSR count). The first-order chi connectivity index (χ1) is 10.1. The number of aliphatic imine (C=N–C) groups is 1. The predicted molar refractivity (Wildman–Crippen MR) is 86.2 cm³/mol. The third-order valence-corrected chi connectivity index (χ3v) is 3.95. The van der Waals surface area contributed by atoms with Gasteiger partial charge >= 0.3 is 5.97 Å². The monoisotopic (exact) mass is 354 g/mol. The smallest absolute Gasteiger partial charge is 0.332 e. The van der Waals surface area contributed by atoms with Crippen LogP contribution in [0.2, 0.25) is 0 Å². The highest BCUT2D eigenvalue weighted by Crippen LogP contribution is 2.31. The number of halogens is 1. The molecule has 1 aromatic rings. The minimum atomic E-state index is -0.449. The maximum absolute atomic E-state index is 11.9. The van der Waals surface area contributed by atoms with E-state index in [-0.39, 0.29) is 5.97 Å². The van der Waals surface area contributed by atoms with Crippen LogP contribution in [0.15, 0.2) is 27.7 Å². The van der Waals surface area contributed by atoms with Gasteiger partial charge in [0.1, 0.15) is 11.6 Å². The SMILES string of the molecule is CCOC(=O)C1CN(c2ccc(Br)c(OC)c2)C(CC)=N1. The lowest BCUT2D eigenvalue weighted by atomic mass is 10.2. The van der Waals surface area contributed by atoms with Gasteiger partial charge in [-0.3, -0.25) is 4.99 Å². The van der Waals surface area contributed by atoms with E-state index in [2.05, 4.69) is 20.9 Å². The Bertz CT molecular complexity index is 560. The third-order valence-electron chi connectivity index (χ3n) is 3.29. The van der Waals surface area contributed by atoms with E-state index in [9.17, 15) is 4.79 Å². The predicted octanol–water partition coefficient (Wildman–Crippen LogP) is 3.02. The Morgan fingerprint density at radius 1 is 1.48 bits per heavy atom. The van der Waals surface area contributed by atoms with Crippen LogP contribution in [0.4, 0.5) is 5.69 Å².